The zero-order valence-corrected chi connectivity index (χ0v) is 10.7. The fourth-order valence-corrected chi connectivity index (χ4v) is 2.43. The zero-order chi connectivity index (χ0) is 12.3. The topological polar surface area (TPSA) is 49.3 Å². The van der Waals surface area contributed by atoms with Crippen molar-refractivity contribution < 1.29 is 5.11 Å². The molecule has 17 heavy (non-hydrogen) atoms. The molecule has 1 aromatic heterocycles. The number of rotatable bonds is 2. The van der Waals surface area contributed by atoms with Gasteiger partial charge in [0.05, 0.1) is 6.61 Å². The van der Waals surface area contributed by atoms with Crippen molar-refractivity contribution in [3.05, 3.63) is 17.6 Å². The van der Waals surface area contributed by atoms with Crippen molar-refractivity contribution in [1.29, 1.82) is 0 Å². The summed E-state index contributed by atoms with van der Waals surface area (Å²) in [5.74, 6) is 1.70. The summed E-state index contributed by atoms with van der Waals surface area (Å²) in [6.07, 6.45) is 6.73. The molecule has 0 saturated carbocycles. The molecule has 1 aromatic rings. The molecule has 1 saturated heterocycles. The summed E-state index contributed by atoms with van der Waals surface area (Å²) in [6, 6.07) is 0.497. The van der Waals surface area contributed by atoms with Gasteiger partial charge in [-0.1, -0.05) is 12.8 Å². The van der Waals surface area contributed by atoms with Crippen molar-refractivity contribution in [1.82, 2.24) is 9.97 Å². The molecule has 0 spiro atoms. The van der Waals surface area contributed by atoms with Crippen LogP contribution >= 0.6 is 0 Å². The smallest absolute Gasteiger partial charge is 0.138 e. The second-order valence-electron chi connectivity index (χ2n) is 4.82. The fourth-order valence-electron chi connectivity index (χ4n) is 2.43. The minimum atomic E-state index is 0.0127. The average Bonchev–Trinajstić information content (AvgIpc) is 2.54. The van der Waals surface area contributed by atoms with E-state index in [9.17, 15) is 5.11 Å². The van der Waals surface area contributed by atoms with Gasteiger partial charge in [0.1, 0.15) is 11.6 Å². The van der Waals surface area contributed by atoms with Crippen LogP contribution in [0.5, 0.6) is 0 Å². The van der Waals surface area contributed by atoms with Crippen molar-refractivity contribution in [3.8, 4) is 0 Å². The quantitative estimate of drug-likeness (QED) is 0.852. The van der Waals surface area contributed by atoms with Crippen LogP contribution in [0.15, 0.2) is 6.20 Å². The molecular formula is C13H21N3O. The first-order valence-corrected chi connectivity index (χ1v) is 6.42. The molecule has 1 fully saturated rings. The molecule has 2 rings (SSSR count). The number of aliphatic hydroxyl groups excluding tert-OH is 1. The molecule has 1 unspecified atom stereocenters. The van der Waals surface area contributed by atoms with Gasteiger partial charge in [-0.05, 0) is 26.7 Å². The Hall–Kier alpha value is -1.16. The van der Waals surface area contributed by atoms with E-state index in [4.69, 9.17) is 0 Å². The number of nitrogens with zero attached hydrogens (tertiary/aromatic N) is 3. The molecule has 4 heteroatoms. The van der Waals surface area contributed by atoms with Gasteiger partial charge in [-0.3, -0.25) is 0 Å². The van der Waals surface area contributed by atoms with Crippen LogP contribution in [-0.4, -0.2) is 27.7 Å². The number of hydrogen-bond donors (Lipinski definition) is 1. The van der Waals surface area contributed by atoms with Crippen LogP contribution in [0.2, 0.25) is 0 Å². The lowest BCUT2D eigenvalue weighted by molar-refractivity contribution is 0.280. The van der Waals surface area contributed by atoms with Crippen LogP contribution in [0.4, 0.5) is 5.82 Å². The zero-order valence-electron chi connectivity index (χ0n) is 10.7. The maximum Gasteiger partial charge on any atom is 0.138 e. The monoisotopic (exact) mass is 235 g/mol. The number of aromatic nitrogens is 2. The van der Waals surface area contributed by atoms with Gasteiger partial charge in [0.2, 0.25) is 0 Å². The first kappa shape index (κ1) is 12.3. The highest BCUT2D eigenvalue weighted by Crippen LogP contribution is 2.25. The maximum absolute atomic E-state index is 9.39. The molecule has 1 aliphatic heterocycles. The van der Waals surface area contributed by atoms with Gasteiger partial charge in [0.15, 0.2) is 0 Å². The standard InChI is InChI=1S/C13H21N3O/c1-10-6-4-3-5-7-16(10)13-12(9-17)8-14-11(2)15-13/h8,10,17H,3-7,9H2,1-2H3. The van der Waals surface area contributed by atoms with Crippen molar-refractivity contribution in [2.24, 2.45) is 0 Å². The van der Waals surface area contributed by atoms with Crippen LogP contribution in [-0.2, 0) is 6.61 Å². The third-order valence-corrected chi connectivity index (χ3v) is 3.46. The van der Waals surface area contributed by atoms with Crippen molar-refractivity contribution >= 4 is 5.82 Å². The number of aliphatic hydroxyl groups is 1. The predicted molar refractivity (Wildman–Crippen MR) is 68.0 cm³/mol. The molecule has 0 bridgehead atoms. The minimum absolute atomic E-state index is 0.0127. The van der Waals surface area contributed by atoms with E-state index >= 15 is 0 Å². The Morgan fingerprint density at radius 2 is 2.24 bits per heavy atom. The van der Waals surface area contributed by atoms with Crippen LogP contribution in [0.3, 0.4) is 0 Å². The summed E-state index contributed by atoms with van der Waals surface area (Å²) in [4.78, 5) is 11.0. The first-order chi connectivity index (χ1) is 8.22. The SMILES string of the molecule is Cc1ncc(CO)c(N2CCCCCC2C)n1. The molecule has 0 aliphatic carbocycles. The van der Waals surface area contributed by atoms with E-state index in [1.807, 2.05) is 6.92 Å². The minimum Gasteiger partial charge on any atom is -0.391 e. The summed E-state index contributed by atoms with van der Waals surface area (Å²) in [6.45, 7) is 5.18. The molecule has 0 amide bonds. The lowest BCUT2D eigenvalue weighted by Crippen LogP contribution is -2.34. The highest BCUT2D eigenvalue weighted by atomic mass is 16.3. The second-order valence-corrected chi connectivity index (χ2v) is 4.82. The molecular weight excluding hydrogens is 214 g/mol. The van der Waals surface area contributed by atoms with Gasteiger partial charge in [-0.25, -0.2) is 9.97 Å². The van der Waals surface area contributed by atoms with E-state index in [0.29, 0.717) is 6.04 Å². The third kappa shape index (κ3) is 2.75. The lowest BCUT2D eigenvalue weighted by Gasteiger charge is -2.29. The number of hydrogen-bond acceptors (Lipinski definition) is 4. The summed E-state index contributed by atoms with van der Waals surface area (Å²) >= 11 is 0. The molecule has 94 valence electrons. The van der Waals surface area contributed by atoms with E-state index in [0.717, 1.165) is 23.8 Å². The van der Waals surface area contributed by atoms with Crippen molar-refractivity contribution in [2.45, 2.75) is 52.2 Å². The lowest BCUT2D eigenvalue weighted by atomic mass is 10.1. The molecule has 2 heterocycles. The molecule has 1 N–H and O–H groups in total. The fraction of sp³-hybridized carbons (Fsp3) is 0.692. The van der Waals surface area contributed by atoms with Gasteiger partial charge in [0.25, 0.3) is 0 Å². The normalized spacial score (nSPS) is 21.4. The Morgan fingerprint density at radius 3 is 3.00 bits per heavy atom. The largest absolute Gasteiger partial charge is 0.391 e. The van der Waals surface area contributed by atoms with Crippen LogP contribution in [0.1, 0.15) is 44.0 Å². The summed E-state index contributed by atoms with van der Waals surface area (Å²) in [5, 5.41) is 9.39. The van der Waals surface area contributed by atoms with Gasteiger partial charge in [0, 0.05) is 24.3 Å². The van der Waals surface area contributed by atoms with Gasteiger partial charge >= 0.3 is 0 Å². The molecule has 4 nitrogen and oxygen atoms in total. The second kappa shape index (κ2) is 5.45. The van der Waals surface area contributed by atoms with E-state index in [2.05, 4.69) is 21.8 Å². The average molecular weight is 235 g/mol. The van der Waals surface area contributed by atoms with Crippen LogP contribution in [0, 0.1) is 6.92 Å². The van der Waals surface area contributed by atoms with E-state index in [1.54, 1.807) is 6.20 Å². The highest BCUT2D eigenvalue weighted by Gasteiger charge is 2.21. The third-order valence-electron chi connectivity index (χ3n) is 3.46. The Morgan fingerprint density at radius 1 is 1.41 bits per heavy atom. The Bertz CT molecular complexity index is 381. The number of aryl methyl sites for hydroxylation is 1. The predicted octanol–water partition coefficient (Wildman–Crippen LogP) is 2.05. The van der Waals surface area contributed by atoms with Gasteiger partial charge in [-0.2, -0.15) is 0 Å². The molecule has 1 aliphatic rings. The van der Waals surface area contributed by atoms with Crippen LogP contribution in [0.25, 0.3) is 0 Å². The van der Waals surface area contributed by atoms with Crippen molar-refractivity contribution in [2.75, 3.05) is 11.4 Å². The van der Waals surface area contributed by atoms with Gasteiger partial charge < -0.3 is 10.0 Å². The molecule has 0 aromatic carbocycles. The van der Waals surface area contributed by atoms with E-state index < -0.39 is 0 Å². The Balaban J connectivity index is 2.32. The number of anilines is 1. The molecule has 0 radical (unpaired) electrons. The summed E-state index contributed by atoms with van der Waals surface area (Å²) in [5.41, 5.74) is 0.837. The maximum atomic E-state index is 9.39. The van der Waals surface area contributed by atoms with Crippen LogP contribution < -0.4 is 4.90 Å². The van der Waals surface area contributed by atoms with Gasteiger partial charge in [-0.15, -0.1) is 0 Å². The van der Waals surface area contributed by atoms with Crippen molar-refractivity contribution in [3.63, 3.8) is 0 Å². The first-order valence-electron chi connectivity index (χ1n) is 6.42. The highest BCUT2D eigenvalue weighted by molar-refractivity contribution is 5.46. The summed E-state index contributed by atoms with van der Waals surface area (Å²) < 4.78 is 0. The van der Waals surface area contributed by atoms with E-state index in [-0.39, 0.29) is 6.61 Å². The van der Waals surface area contributed by atoms with E-state index in [1.165, 1.54) is 25.7 Å². The Labute approximate surface area is 103 Å². The molecule has 1 atom stereocenters. The summed E-state index contributed by atoms with van der Waals surface area (Å²) in [7, 11) is 0. The Kier molecular flexibility index (Phi) is 3.94.